The Morgan fingerprint density at radius 2 is 2.12 bits per heavy atom. The zero-order valence-corrected chi connectivity index (χ0v) is 12.4. The van der Waals surface area contributed by atoms with E-state index in [1.807, 2.05) is 0 Å². The van der Waals surface area contributed by atoms with Gasteiger partial charge in [-0.2, -0.15) is 11.8 Å². The molecule has 1 heterocycles. The Kier molecular flexibility index (Phi) is 7.51. The third kappa shape index (κ3) is 7.29. The fourth-order valence-electron chi connectivity index (χ4n) is 1.99. The largest absolute Gasteiger partial charge is 0.385 e. The van der Waals surface area contributed by atoms with Gasteiger partial charge in [-0.25, -0.2) is 0 Å². The highest BCUT2D eigenvalue weighted by Crippen LogP contribution is 2.30. The Morgan fingerprint density at radius 3 is 2.88 bits per heavy atom. The van der Waals surface area contributed by atoms with E-state index in [0.29, 0.717) is 4.75 Å². The smallest absolute Gasteiger partial charge is 0.0474 e. The summed E-state index contributed by atoms with van der Waals surface area (Å²) in [4.78, 5) is 2.59. The second kappa shape index (κ2) is 8.35. The van der Waals surface area contributed by atoms with Crippen LogP contribution >= 0.6 is 11.8 Å². The zero-order valence-electron chi connectivity index (χ0n) is 11.6. The van der Waals surface area contributed by atoms with Crippen molar-refractivity contribution in [1.82, 2.24) is 10.2 Å². The van der Waals surface area contributed by atoms with Gasteiger partial charge in [-0.3, -0.25) is 0 Å². The standard InChI is InChI=1S/C13H28N2OS/c1-13(2)5-8-15(10-12-17-13)9-7-14-6-4-11-16-3/h14H,4-12H2,1-3H3. The van der Waals surface area contributed by atoms with Crippen LogP contribution in [0.4, 0.5) is 0 Å². The van der Waals surface area contributed by atoms with Gasteiger partial charge in [0.2, 0.25) is 0 Å². The van der Waals surface area contributed by atoms with E-state index in [4.69, 9.17) is 4.74 Å². The lowest BCUT2D eigenvalue weighted by atomic mass is 10.1. The summed E-state index contributed by atoms with van der Waals surface area (Å²) in [5.74, 6) is 1.27. The van der Waals surface area contributed by atoms with Crippen molar-refractivity contribution in [2.75, 3.05) is 52.2 Å². The third-order valence-electron chi connectivity index (χ3n) is 3.24. The molecule has 0 aromatic rings. The van der Waals surface area contributed by atoms with Crippen molar-refractivity contribution < 1.29 is 4.74 Å². The first-order chi connectivity index (χ1) is 8.14. The second-order valence-corrected chi connectivity index (χ2v) is 7.10. The van der Waals surface area contributed by atoms with Crippen LogP contribution in [0.2, 0.25) is 0 Å². The summed E-state index contributed by atoms with van der Waals surface area (Å²) in [6, 6.07) is 0. The number of hydrogen-bond donors (Lipinski definition) is 1. The summed E-state index contributed by atoms with van der Waals surface area (Å²) in [6.07, 6.45) is 2.42. The molecular formula is C13H28N2OS. The minimum atomic E-state index is 0.473. The maximum absolute atomic E-state index is 5.02. The molecule has 0 atom stereocenters. The number of rotatable bonds is 7. The van der Waals surface area contributed by atoms with Gasteiger partial charge in [0.1, 0.15) is 0 Å². The van der Waals surface area contributed by atoms with Crippen LogP contribution in [0.1, 0.15) is 26.7 Å². The quantitative estimate of drug-likeness (QED) is 0.706. The number of nitrogens with one attached hydrogen (secondary N) is 1. The third-order valence-corrected chi connectivity index (χ3v) is 4.61. The molecule has 3 nitrogen and oxygen atoms in total. The Morgan fingerprint density at radius 1 is 1.29 bits per heavy atom. The lowest BCUT2D eigenvalue weighted by molar-refractivity contribution is 0.193. The molecule has 4 heteroatoms. The molecule has 0 amide bonds. The molecule has 0 bridgehead atoms. The van der Waals surface area contributed by atoms with Gasteiger partial charge in [-0.15, -0.1) is 0 Å². The van der Waals surface area contributed by atoms with Gasteiger partial charge in [0, 0.05) is 43.9 Å². The Balaban J connectivity index is 2.03. The molecule has 17 heavy (non-hydrogen) atoms. The van der Waals surface area contributed by atoms with Crippen molar-refractivity contribution in [2.24, 2.45) is 0 Å². The zero-order chi connectivity index (χ0) is 12.6. The van der Waals surface area contributed by atoms with Crippen molar-refractivity contribution in [3.63, 3.8) is 0 Å². The van der Waals surface area contributed by atoms with Crippen LogP contribution in [0.15, 0.2) is 0 Å². The van der Waals surface area contributed by atoms with E-state index in [9.17, 15) is 0 Å². The summed E-state index contributed by atoms with van der Waals surface area (Å²) in [5.41, 5.74) is 0. The fourth-order valence-corrected chi connectivity index (χ4v) is 3.13. The first kappa shape index (κ1) is 15.3. The average molecular weight is 260 g/mol. The molecule has 0 unspecified atom stereocenters. The molecule has 1 N–H and O–H groups in total. The summed E-state index contributed by atoms with van der Waals surface area (Å²) < 4.78 is 5.50. The highest BCUT2D eigenvalue weighted by atomic mass is 32.2. The summed E-state index contributed by atoms with van der Waals surface area (Å²) in [7, 11) is 1.76. The van der Waals surface area contributed by atoms with Crippen LogP contribution in [0.25, 0.3) is 0 Å². The fraction of sp³-hybridized carbons (Fsp3) is 1.00. The molecule has 1 aliphatic heterocycles. The number of methoxy groups -OCH3 is 1. The Bertz CT molecular complexity index is 200. The molecule has 1 aliphatic rings. The predicted octanol–water partition coefficient (Wildman–Crippen LogP) is 1.83. The minimum absolute atomic E-state index is 0.473. The number of ether oxygens (including phenoxy) is 1. The maximum Gasteiger partial charge on any atom is 0.0474 e. The number of hydrogen-bond acceptors (Lipinski definition) is 4. The van der Waals surface area contributed by atoms with Crippen LogP contribution < -0.4 is 5.32 Å². The first-order valence-electron chi connectivity index (χ1n) is 6.70. The van der Waals surface area contributed by atoms with Gasteiger partial charge in [0.05, 0.1) is 0 Å². The Hall–Kier alpha value is 0.230. The van der Waals surface area contributed by atoms with E-state index in [1.54, 1.807) is 7.11 Å². The predicted molar refractivity (Wildman–Crippen MR) is 77.0 cm³/mol. The highest BCUT2D eigenvalue weighted by Gasteiger charge is 2.23. The van der Waals surface area contributed by atoms with Crippen LogP contribution in [-0.2, 0) is 4.74 Å². The average Bonchev–Trinajstić information content (AvgIpc) is 2.45. The molecular weight excluding hydrogens is 232 g/mol. The van der Waals surface area contributed by atoms with Gasteiger partial charge < -0.3 is 15.0 Å². The van der Waals surface area contributed by atoms with E-state index in [0.717, 1.165) is 26.1 Å². The molecule has 0 aromatic heterocycles. The van der Waals surface area contributed by atoms with Gasteiger partial charge in [0.25, 0.3) is 0 Å². The number of nitrogens with zero attached hydrogens (tertiary/aromatic N) is 1. The molecule has 1 fully saturated rings. The molecule has 1 saturated heterocycles. The molecule has 0 radical (unpaired) electrons. The SMILES string of the molecule is COCCCNCCN1CCSC(C)(C)CC1. The molecule has 102 valence electrons. The summed E-state index contributed by atoms with van der Waals surface area (Å²) in [6.45, 7) is 11.4. The van der Waals surface area contributed by atoms with Gasteiger partial charge in [0.15, 0.2) is 0 Å². The molecule has 0 saturated carbocycles. The van der Waals surface area contributed by atoms with Crippen molar-refractivity contribution in [3.05, 3.63) is 0 Å². The molecule has 1 rings (SSSR count). The van der Waals surface area contributed by atoms with E-state index < -0.39 is 0 Å². The maximum atomic E-state index is 5.02. The highest BCUT2D eigenvalue weighted by molar-refractivity contribution is 8.00. The number of thioether (sulfide) groups is 1. The van der Waals surface area contributed by atoms with Crippen LogP contribution in [0, 0.1) is 0 Å². The van der Waals surface area contributed by atoms with Gasteiger partial charge in [-0.1, -0.05) is 13.8 Å². The topological polar surface area (TPSA) is 24.5 Å². The monoisotopic (exact) mass is 260 g/mol. The van der Waals surface area contributed by atoms with Crippen molar-refractivity contribution in [3.8, 4) is 0 Å². The minimum Gasteiger partial charge on any atom is -0.385 e. The van der Waals surface area contributed by atoms with E-state index in [-0.39, 0.29) is 0 Å². The lowest BCUT2D eigenvalue weighted by Crippen LogP contribution is -2.34. The summed E-state index contributed by atoms with van der Waals surface area (Å²) in [5, 5.41) is 3.48. The van der Waals surface area contributed by atoms with Gasteiger partial charge >= 0.3 is 0 Å². The summed E-state index contributed by atoms with van der Waals surface area (Å²) >= 11 is 2.12. The van der Waals surface area contributed by atoms with Gasteiger partial charge in [-0.05, 0) is 25.9 Å². The van der Waals surface area contributed by atoms with Crippen LogP contribution in [-0.4, -0.2) is 61.8 Å². The second-order valence-electron chi connectivity index (χ2n) is 5.30. The molecule has 0 spiro atoms. The van der Waals surface area contributed by atoms with Crippen molar-refractivity contribution in [1.29, 1.82) is 0 Å². The van der Waals surface area contributed by atoms with Crippen molar-refractivity contribution in [2.45, 2.75) is 31.4 Å². The Labute approximate surface area is 111 Å². The lowest BCUT2D eigenvalue weighted by Gasteiger charge is -2.22. The van der Waals surface area contributed by atoms with Crippen LogP contribution in [0.5, 0.6) is 0 Å². The normalized spacial score (nSPS) is 21.4. The van der Waals surface area contributed by atoms with Crippen molar-refractivity contribution >= 4 is 11.8 Å². The van der Waals surface area contributed by atoms with E-state index in [2.05, 4.69) is 35.8 Å². The van der Waals surface area contributed by atoms with E-state index in [1.165, 1.54) is 31.8 Å². The first-order valence-corrected chi connectivity index (χ1v) is 7.68. The van der Waals surface area contributed by atoms with E-state index >= 15 is 0 Å². The molecule has 0 aromatic carbocycles. The molecule has 0 aliphatic carbocycles. The van der Waals surface area contributed by atoms with Crippen LogP contribution in [0.3, 0.4) is 0 Å².